The van der Waals surface area contributed by atoms with Crippen molar-refractivity contribution in [2.75, 3.05) is 0 Å². The summed E-state index contributed by atoms with van der Waals surface area (Å²) in [5.41, 5.74) is 0.267. The third-order valence-corrected chi connectivity index (χ3v) is 4.37. The Morgan fingerprint density at radius 3 is 3.06 bits per heavy atom. The Hall–Kier alpha value is -1.10. The summed E-state index contributed by atoms with van der Waals surface area (Å²) in [5, 5.41) is 17.8. The van der Waals surface area contributed by atoms with E-state index in [-0.39, 0.29) is 5.56 Å². The van der Waals surface area contributed by atoms with Crippen molar-refractivity contribution >= 4 is 17.7 Å². The van der Waals surface area contributed by atoms with Gasteiger partial charge in [0.05, 0.1) is 11.8 Å². The van der Waals surface area contributed by atoms with E-state index < -0.39 is 5.97 Å². The molecule has 0 aromatic carbocycles. The Balaban J connectivity index is 2.10. The number of thioether (sulfide) groups is 1. The molecule has 4 nitrogen and oxygen atoms in total. The molecule has 1 heterocycles. The molecule has 0 amide bonds. The summed E-state index contributed by atoms with van der Waals surface area (Å²) in [4.78, 5) is 11.0. The van der Waals surface area contributed by atoms with Gasteiger partial charge in [-0.25, -0.2) is 4.79 Å². The van der Waals surface area contributed by atoms with Gasteiger partial charge in [-0.3, -0.25) is 0 Å². The fourth-order valence-electron chi connectivity index (χ4n) is 2.21. The molecular formula is C12H16N2O2S. The summed E-state index contributed by atoms with van der Waals surface area (Å²) in [7, 11) is 0. The standard InChI is InChI=1S/C12H16N2O2S/c1-8-3-2-4-9(7-8)17-11-10(12(15)16)5-6-13-14-11/h5-6,8-9H,2-4,7H2,1H3,(H,15,16). The molecule has 1 N–H and O–H groups in total. The van der Waals surface area contributed by atoms with Crippen LogP contribution in [-0.2, 0) is 0 Å². The molecule has 1 aliphatic rings. The minimum Gasteiger partial charge on any atom is -0.478 e. The molecule has 2 atom stereocenters. The quantitative estimate of drug-likeness (QED) is 0.896. The first-order valence-corrected chi connectivity index (χ1v) is 6.76. The predicted octanol–water partition coefficient (Wildman–Crippen LogP) is 2.85. The minimum absolute atomic E-state index is 0.267. The van der Waals surface area contributed by atoms with Gasteiger partial charge < -0.3 is 5.11 Å². The molecule has 1 saturated carbocycles. The summed E-state index contributed by atoms with van der Waals surface area (Å²) in [6.07, 6.45) is 6.22. The van der Waals surface area contributed by atoms with Crippen molar-refractivity contribution in [2.45, 2.75) is 42.9 Å². The number of nitrogens with zero attached hydrogens (tertiary/aromatic N) is 2. The Morgan fingerprint density at radius 1 is 1.53 bits per heavy atom. The average Bonchev–Trinajstić information content (AvgIpc) is 2.29. The van der Waals surface area contributed by atoms with E-state index >= 15 is 0 Å². The smallest absolute Gasteiger partial charge is 0.338 e. The first-order chi connectivity index (χ1) is 8.16. The van der Waals surface area contributed by atoms with Gasteiger partial charge >= 0.3 is 5.97 Å². The second-order valence-corrected chi connectivity index (χ2v) is 5.86. The van der Waals surface area contributed by atoms with E-state index in [1.807, 2.05) is 0 Å². The molecule has 1 aliphatic carbocycles. The van der Waals surface area contributed by atoms with E-state index in [9.17, 15) is 4.79 Å². The van der Waals surface area contributed by atoms with Crippen LogP contribution in [0, 0.1) is 5.92 Å². The Morgan fingerprint density at radius 2 is 2.35 bits per heavy atom. The van der Waals surface area contributed by atoms with Crippen LogP contribution >= 0.6 is 11.8 Å². The van der Waals surface area contributed by atoms with Crippen LogP contribution in [0.3, 0.4) is 0 Å². The molecule has 0 radical (unpaired) electrons. The maximum absolute atomic E-state index is 11.0. The number of carboxylic acids is 1. The van der Waals surface area contributed by atoms with E-state index in [1.165, 1.54) is 25.1 Å². The second kappa shape index (κ2) is 5.49. The van der Waals surface area contributed by atoms with Crippen LogP contribution in [0.2, 0.25) is 0 Å². The Kier molecular flexibility index (Phi) is 3.99. The number of rotatable bonds is 3. The lowest BCUT2D eigenvalue weighted by atomic mass is 9.91. The molecule has 92 valence electrons. The SMILES string of the molecule is CC1CCCC(Sc2nnccc2C(=O)O)C1. The lowest BCUT2D eigenvalue weighted by Gasteiger charge is -2.25. The van der Waals surface area contributed by atoms with Gasteiger partial charge in [0.1, 0.15) is 5.03 Å². The number of carboxylic acid groups (broad SMARTS) is 1. The Labute approximate surface area is 105 Å². The number of hydrogen-bond acceptors (Lipinski definition) is 4. The van der Waals surface area contributed by atoms with Gasteiger partial charge in [0, 0.05) is 5.25 Å². The molecule has 5 heteroatoms. The van der Waals surface area contributed by atoms with Crippen molar-refractivity contribution in [2.24, 2.45) is 5.92 Å². The van der Waals surface area contributed by atoms with Gasteiger partial charge in [-0.05, 0) is 24.8 Å². The highest BCUT2D eigenvalue weighted by Gasteiger charge is 2.22. The van der Waals surface area contributed by atoms with Crippen molar-refractivity contribution in [1.82, 2.24) is 10.2 Å². The van der Waals surface area contributed by atoms with Crippen molar-refractivity contribution in [3.05, 3.63) is 17.8 Å². The third-order valence-electron chi connectivity index (χ3n) is 3.08. The number of hydrogen-bond donors (Lipinski definition) is 1. The molecule has 0 aliphatic heterocycles. The minimum atomic E-state index is -0.925. The van der Waals surface area contributed by atoms with Crippen LogP contribution in [0.25, 0.3) is 0 Å². The van der Waals surface area contributed by atoms with Crippen molar-refractivity contribution < 1.29 is 9.90 Å². The lowest BCUT2D eigenvalue weighted by Crippen LogP contribution is -2.16. The van der Waals surface area contributed by atoms with E-state index in [2.05, 4.69) is 17.1 Å². The fraction of sp³-hybridized carbons (Fsp3) is 0.583. The van der Waals surface area contributed by atoms with E-state index in [0.29, 0.717) is 10.3 Å². The molecule has 0 spiro atoms. The summed E-state index contributed by atoms with van der Waals surface area (Å²) < 4.78 is 0. The molecule has 1 aromatic rings. The highest BCUT2D eigenvalue weighted by atomic mass is 32.2. The molecule has 1 aromatic heterocycles. The zero-order chi connectivity index (χ0) is 12.3. The molecule has 17 heavy (non-hydrogen) atoms. The number of carbonyl (C=O) groups is 1. The van der Waals surface area contributed by atoms with Gasteiger partial charge in [0.2, 0.25) is 0 Å². The highest BCUT2D eigenvalue weighted by Crippen LogP contribution is 2.36. The van der Waals surface area contributed by atoms with Gasteiger partial charge in [-0.1, -0.05) is 19.8 Å². The van der Waals surface area contributed by atoms with Gasteiger partial charge in [0.25, 0.3) is 0 Å². The summed E-state index contributed by atoms with van der Waals surface area (Å²) >= 11 is 1.57. The van der Waals surface area contributed by atoms with E-state index in [1.54, 1.807) is 11.8 Å². The first-order valence-electron chi connectivity index (χ1n) is 5.88. The average molecular weight is 252 g/mol. The zero-order valence-corrected chi connectivity index (χ0v) is 10.6. The molecule has 1 fully saturated rings. The molecular weight excluding hydrogens is 236 g/mol. The molecule has 0 saturated heterocycles. The van der Waals surface area contributed by atoms with Crippen molar-refractivity contribution in [1.29, 1.82) is 0 Å². The molecule has 2 rings (SSSR count). The van der Waals surface area contributed by atoms with Crippen molar-refractivity contribution in [3.63, 3.8) is 0 Å². The van der Waals surface area contributed by atoms with E-state index in [4.69, 9.17) is 5.11 Å². The highest BCUT2D eigenvalue weighted by molar-refractivity contribution is 7.99. The normalized spacial score (nSPS) is 24.5. The van der Waals surface area contributed by atoms with Crippen LogP contribution in [0.15, 0.2) is 17.3 Å². The summed E-state index contributed by atoms with van der Waals surface area (Å²) in [5.74, 6) is -0.197. The Bertz CT molecular complexity index is 411. The third kappa shape index (κ3) is 3.19. The van der Waals surface area contributed by atoms with Gasteiger partial charge in [0.15, 0.2) is 0 Å². The predicted molar refractivity (Wildman–Crippen MR) is 66.3 cm³/mol. The maximum Gasteiger partial charge on any atom is 0.338 e. The van der Waals surface area contributed by atoms with Gasteiger partial charge in [-0.15, -0.1) is 16.9 Å². The van der Waals surface area contributed by atoms with Crippen LogP contribution in [0.4, 0.5) is 0 Å². The monoisotopic (exact) mass is 252 g/mol. The first kappa shape index (κ1) is 12.4. The molecule has 2 unspecified atom stereocenters. The number of aromatic carboxylic acids is 1. The zero-order valence-electron chi connectivity index (χ0n) is 9.80. The van der Waals surface area contributed by atoms with Crippen LogP contribution in [-0.4, -0.2) is 26.5 Å². The molecule has 0 bridgehead atoms. The summed E-state index contributed by atoms with van der Waals surface area (Å²) in [6.45, 7) is 2.25. The van der Waals surface area contributed by atoms with Crippen LogP contribution in [0.5, 0.6) is 0 Å². The second-order valence-electron chi connectivity index (χ2n) is 4.57. The van der Waals surface area contributed by atoms with Crippen LogP contribution in [0.1, 0.15) is 43.0 Å². The largest absolute Gasteiger partial charge is 0.478 e. The van der Waals surface area contributed by atoms with E-state index in [0.717, 1.165) is 18.8 Å². The number of aromatic nitrogens is 2. The lowest BCUT2D eigenvalue weighted by molar-refractivity contribution is 0.0692. The van der Waals surface area contributed by atoms with Crippen LogP contribution < -0.4 is 0 Å². The topological polar surface area (TPSA) is 63.1 Å². The maximum atomic E-state index is 11.0. The van der Waals surface area contributed by atoms with Gasteiger partial charge in [-0.2, -0.15) is 5.10 Å². The van der Waals surface area contributed by atoms with Crippen molar-refractivity contribution in [3.8, 4) is 0 Å². The fourth-order valence-corrected chi connectivity index (χ4v) is 3.61. The summed E-state index contributed by atoms with van der Waals surface area (Å²) in [6, 6.07) is 1.52.